The third-order valence-electron chi connectivity index (χ3n) is 3.57. The van der Waals surface area contributed by atoms with E-state index in [1.807, 2.05) is 0 Å². The maximum Gasteiger partial charge on any atom is 0.126 e. The van der Waals surface area contributed by atoms with Crippen LogP contribution in [-0.4, -0.2) is 13.1 Å². The average Bonchev–Trinajstić information content (AvgIpc) is 2.24. The molecule has 0 saturated carbocycles. The standard InChI is InChI=1S/C17H27F2N/c1-12(2)10-20-11-14(17(3,4)5)6-13-7-15(18)9-16(19)8-13/h7-9,12,14,20H,6,10-11H2,1-5H3. The maximum absolute atomic E-state index is 13.3. The molecular formula is C17H27F2N. The molecule has 0 aromatic heterocycles. The van der Waals surface area contributed by atoms with E-state index in [0.29, 0.717) is 18.3 Å². The summed E-state index contributed by atoms with van der Waals surface area (Å²) >= 11 is 0. The first-order chi connectivity index (χ1) is 9.18. The molecule has 1 unspecified atom stereocenters. The van der Waals surface area contributed by atoms with Gasteiger partial charge in [-0.25, -0.2) is 8.78 Å². The van der Waals surface area contributed by atoms with Crippen LogP contribution < -0.4 is 5.32 Å². The molecule has 1 aromatic rings. The van der Waals surface area contributed by atoms with E-state index in [4.69, 9.17) is 0 Å². The Kier molecular flexibility index (Phi) is 6.12. The Morgan fingerprint density at radius 1 is 1.00 bits per heavy atom. The van der Waals surface area contributed by atoms with E-state index in [2.05, 4.69) is 39.9 Å². The summed E-state index contributed by atoms with van der Waals surface area (Å²) in [5, 5.41) is 3.45. The van der Waals surface area contributed by atoms with E-state index in [-0.39, 0.29) is 5.41 Å². The van der Waals surface area contributed by atoms with Crippen LogP contribution in [-0.2, 0) is 6.42 Å². The van der Waals surface area contributed by atoms with Gasteiger partial charge in [-0.2, -0.15) is 0 Å². The molecule has 0 radical (unpaired) electrons. The van der Waals surface area contributed by atoms with E-state index in [1.54, 1.807) is 0 Å². The van der Waals surface area contributed by atoms with Gasteiger partial charge in [0.05, 0.1) is 0 Å². The molecule has 0 fully saturated rings. The molecule has 1 rings (SSSR count). The largest absolute Gasteiger partial charge is 0.316 e. The third kappa shape index (κ3) is 6.00. The molecule has 0 saturated heterocycles. The molecule has 1 N–H and O–H groups in total. The van der Waals surface area contributed by atoms with Gasteiger partial charge in [0.15, 0.2) is 0 Å². The summed E-state index contributed by atoms with van der Waals surface area (Å²) in [5.41, 5.74) is 0.820. The molecule has 0 aliphatic rings. The molecule has 0 aliphatic carbocycles. The lowest BCUT2D eigenvalue weighted by molar-refractivity contribution is 0.228. The van der Waals surface area contributed by atoms with Crippen LogP contribution in [0.1, 0.15) is 40.2 Å². The predicted octanol–water partition coefficient (Wildman–Crippen LogP) is 4.42. The molecule has 1 atom stereocenters. The van der Waals surface area contributed by atoms with Gasteiger partial charge in [-0.1, -0.05) is 34.6 Å². The summed E-state index contributed by atoms with van der Waals surface area (Å²) in [6, 6.07) is 3.79. The second-order valence-electron chi connectivity index (χ2n) is 7.10. The molecule has 0 bridgehead atoms. The average molecular weight is 283 g/mol. The lowest BCUT2D eigenvalue weighted by atomic mass is 9.77. The lowest BCUT2D eigenvalue weighted by Gasteiger charge is -2.31. The molecule has 1 nitrogen and oxygen atoms in total. The van der Waals surface area contributed by atoms with Gasteiger partial charge in [0.2, 0.25) is 0 Å². The Hall–Kier alpha value is -0.960. The summed E-state index contributed by atoms with van der Waals surface area (Å²) in [6.45, 7) is 12.7. The second-order valence-corrected chi connectivity index (χ2v) is 7.10. The summed E-state index contributed by atoms with van der Waals surface area (Å²) in [7, 11) is 0. The minimum atomic E-state index is -0.497. The van der Waals surface area contributed by atoms with E-state index in [0.717, 1.165) is 24.7 Å². The topological polar surface area (TPSA) is 12.0 Å². The van der Waals surface area contributed by atoms with Crippen LogP contribution in [0.2, 0.25) is 0 Å². The highest BCUT2D eigenvalue weighted by Gasteiger charge is 2.24. The van der Waals surface area contributed by atoms with Crippen molar-refractivity contribution in [3.05, 3.63) is 35.4 Å². The highest BCUT2D eigenvalue weighted by Crippen LogP contribution is 2.29. The highest BCUT2D eigenvalue weighted by atomic mass is 19.1. The number of halogens is 2. The fourth-order valence-corrected chi connectivity index (χ4v) is 2.24. The van der Waals surface area contributed by atoms with Crippen molar-refractivity contribution in [2.45, 2.75) is 41.0 Å². The molecule has 0 aliphatic heterocycles. The molecule has 20 heavy (non-hydrogen) atoms. The zero-order valence-corrected chi connectivity index (χ0v) is 13.3. The first kappa shape index (κ1) is 17.1. The fraction of sp³-hybridized carbons (Fsp3) is 0.647. The zero-order valence-electron chi connectivity index (χ0n) is 13.3. The Labute approximate surface area is 121 Å². The van der Waals surface area contributed by atoms with Crippen LogP contribution in [0.5, 0.6) is 0 Å². The third-order valence-corrected chi connectivity index (χ3v) is 3.57. The smallest absolute Gasteiger partial charge is 0.126 e. The first-order valence-electron chi connectivity index (χ1n) is 7.34. The van der Waals surface area contributed by atoms with Crippen LogP contribution >= 0.6 is 0 Å². The van der Waals surface area contributed by atoms with Gasteiger partial charge in [-0.05, 0) is 54.5 Å². The molecule has 3 heteroatoms. The van der Waals surface area contributed by atoms with Gasteiger partial charge in [-0.3, -0.25) is 0 Å². The van der Waals surface area contributed by atoms with Crippen LogP contribution in [0.25, 0.3) is 0 Å². The van der Waals surface area contributed by atoms with Crippen LogP contribution in [0.3, 0.4) is 0 Å². The van der Waals surface area contributed by atoms with E-state index >= 15 is 0 Å². The molecule has 0 amide bonds. The minimum Gasteiger partial charge on any atom is -0.316 e. The van der Waals surface area contributed by atoms with E-state index in [1.165, 1.54) is 12.1 Å². The van der Waals surface area contributed by atoms with Crippen LogP contribution in [0.15, 0.2) is 18.2 Å². The molecule has 0 spiro atoms. The number of hydrogen-bond donors (Lipinski definition) is 1. The monoisotopic (exact) mass is 283 g/mol. The van der Waals surface area contributed by atoms with Crippen molar-refractivity contribution in [3.63, 3.8) is 0 Å². The molecule has 114 valence electrons. The summed E-state index contributed by atoms with van der Waals surface area (Å²) in [6.07, 6.45) is 0.684. The number of benzene rings is 1. The Morgan fingerprint density at radius 3 is 2.00 bits per heavy atom. The SMILES string of the molecule is CC(C)CNCC(Cc1cc(F)cc(F)c1)C(C)(C)C. The minimum absolute atomic E-state index is 0.0901. The Morgan fingerprint density at radius 2 is 1.55 bits per heavy atom. The highest BCUT2D eigenvalue weighted by molar-refractivity contribution is 5.18. The molecule has 0 heterocycles. The van der Waals surface area contributed by atoms with Gasteiger partial charge in [0.1, 0.15) is 11.6 Å². The van der Waals surface area contributed by atoms with Crippen molar-refractivity contribution >= 4 is 0 Å². The van der Waals surface area contributed by atoms with Crippen molar-refractivity contribution < 1.29 is 8.78 Å². The number of rotatable bonds is 6. The van der Waals surface area contributed by atoms with Gasteiger partial charge >= 0.3 is 0 Å². The fourth-order valence-electron chi connectivity index (χ4n) is 2.24. The Balaban J connectivity index is 2.74. The molecular weight excluding hydrogens is 256 g/mol. The van der Waals surface area contributed by atoms with Crippen molar-refractivity contribution in [1.82, 2.24) is 5.32 Å². The number of hydrogen-bond acceptors (Lipinski definition) is 1. The van der Waals surface area contributed by atoms with Crippen molar-refractivity contribution in [3.8, 4) is 0 Å². The lowest BCUT2D eigenvalue weighted by Crippen LogP contribution is -2.35. The van der Waals surface area contributed by atoms with Crippen LogP contribution in [0, 0.1) is 28.9 Å². The summed E-state index contributed by atoms with van der Waals surface area (Å²) in [4.78, 5) is 0. The Bertz CT molecular complexity index is 401. The quantitative estimate of drug-likeness (QED) is 0.815. The maximum atomic E-state index is 13.3. The van der Waals surface area contributed by atoms with Gasteiger partial charge < -0.3 is 5.32 Å². The molecule has 1 aromatic carbocycles. The number of nitrogens with one attached hydrogen (secondary N) is 1. The van der Waals surface area contributed by atoms with Gasteiger partial charge in [-0.15, -0.1) is 0 Å². The summed E-state index contributed by atoms with van der Waals surface area (Å²) in [5.74, 6) is -0.0599. The van der Waals surface area contributed by atoms with Gasteiger partial charge in [0.25, 0.3) is 0 Å². The zero-order chi connectivity index (χ0) is 15.3. The predicted molar refractivity (Wildman–Crippen MR) is 80.7 cm³/mol. The van der Waals surface area contributed by atoms with E-state index in [9.17, 15) is 8.78 Å². The van der Waals surface area contributed by atoms with E-state index < -0.39 is 11.6 Å². The van der Waals surface area contributed by atoms with Crippen LogP contribution in [0.4, 0.5) is 8.78 Å². The van der Waals surface area contributed by atoms with Gasteiger partial charge in [0, 0.05) is 6.07 Å². The second kappa shape index (κ2) is 7.16. The first-order valence-corrected chi connectivity index (χ1v) is 7.34. The van der Waals surface area contributed by atoms with Crippen molar-refractivity contribution in [2.75, 3.05) is 13.1 Å². The summed E-state index contributed by atoms with van der Waals surface area (Å²) < 4.78 is 26.6. The normalized spacial score (nSPS) is 13.8. The van der Waals surface area contributed by atoms with Crippen molar-refractivity contribution in [2.24, 2.45) is 17.3 Å². The van der Waals surface area contributed by atoms with Crippen molar-refractivity contribution in [1.29, 1.82) is 0 Å².